The van der Waals surface area contributed by atoms with Crippen LogP contribution in [0, 0.1) is 6.92 Å². The first kappa shape index (κ1) is 10.7. The van der Waals surface area contributed by atoms with Crippen molar-refractivity contribution in [2.75, 3.05) is 18.1 Å². The second-order valence-electron chi connectivity index (χ2n) is 3.45. The summed E-state index contributed by atoms with van der Waals surface area (Å²) >= 11 is 0. The minimum Gasteiger partial charge on any atom is -0.491 e. The first-order valence-electron chi connectivity index (χ1n) is 4.93. The minimum atomic E-state index is 0.660. The van der Waals surface area contributed by atoms with Gasteiger partial charge in [-0.15, -0.1) is 0 Å². The van der Waals surface area contributed by atoms with E-state index in [0.29, 0.717) is 18.0 Å². The molecule has 1 aromatic rings. The quantitative estimate of drug-likeness (QED) is 0.571. The number of aryl methyl sites for hydroxylation is 1. The van der Waals surface area contributed by atoms with E-state index in [1.165, 1.54) is 0 Å². The molecule has 0 atom stereocenters. The van der Waals surface area contributed by atoms with Crippen LogP contribution in [0.4, 0.5) is 11.4 Å². The number of hydrogen-bond acceptors (Lipinski definition) is 3. The highest BCUT2D eigenvalue weighted by Gasteiger charge is 2.03. The molecule has 0 amide bonds. The Bertz CT molecular complexity index is 310. The molecule has 0 saturated heterocycles. The van der Waals surface area contributed by atoms with E-state index >= 15 is 0 Å². The zero-order valence-electron chi connectivity index (χ0n) is 8.84. The van der Waals surface area contributed by atoms with Crippen molar-refractivity contribution in [1.82, 2.24) is 0 Å². The molecule has 0 aliphatic carbocycles. The third kappa shape index (κ3) is 2.55. The van der Waals surface area contributed by atoms with E-state index in [0.717, 1.165) is 24.1 Å². The molecule has 0 aromatic heterocycles. The predicted octanol–water partition coefficient (Wildman–Crippen LogP) is 2.34. The Hall–Kier alpha value is -1.38. The van der Waals surface area contributed by atoms with Crippen molar-refractivity contribution in [2.45, 2.75) is 26.7 Å². The van der Waals surface area contributed by atoms with Gasteiger partial charge in [-0.1, -0.05) is 13.3 Å². The molecule has 0 aliphatic rings. The summed E-state index contributed by atoms with van der Waals surface area (Å²) in [6.07, 6.45) is 2.15. The molecule has 3 nitrogen and oxygen atoms in total. The van der Waals surface area contributed by atoms with E-state index in [9.17, 15) is 0 Å². The van der Waals surface area contributed by atoms with Crippen LogP contribution in [-0.4, -0.2) is 6.61 Å². The normalized spacial score (nSPS) is 10.1. The number of anilines is 2. The first-order valence-corrected chi connectivity index (χ1v) is 4.93. The molecule has 0 bridgehead atoms. The van der Waals surface area contributed by atoms with Gasteiger partial charge in [-0.2, -0.15) is 0 Å². The van der Waals surface area contributed by atoms with Crippen molar-refractivity contribution >= 4 is 11.4 Å². The maximum atomic E-state index is 5.79. The zero-order chi connectivity index (χ0) is 10.6. The van der Waals surface area contributed by atoms with Crippen molar-refractivity contribution in [3.05, 3.63) is 17.7 Å². The van der Waals surface area contributed by atoms with E-state index in [1.54, 1.807) is 6.07 Å². The summed E-state index contributed by atoms with van der Waals surface area (Å²) in [6.45, 7) is 4.75. The molecule has 0 aliphatic heterocycles. The highest BCUT2D eigenvalue weighted by Crippen LogP contribution is 2.27. The molecule has 0 saturated carbocycles. The molecule has 14 heavy (non-hydrogen) atoms. The number of hydrogen-bond donors (Lipinski definition) is 2. The second kappa shape index (κ2) is 4.74. The topological polar surface area (TPSA) is 61.3 Å². The van der Waals surface area contributed by atoms with Gasteiger partial charge in [0, 0.05) is 11.8 Å². The van der Waals surface area contributed by atoms with Gasteiger partial charge in [-0.05, 0) is 25.0 Å². The first-order chi connectivity index (χ1) is 6.65. The van der Waals surface area contributed by atoms with Crippen LogP contribution in [0.2, 0.25) is 0 Å². The molecular weight excluding hydrogens is 176 g/mol. The summed E-state index contributed by atoms with van der Waals surface area (Å²) in [6, 6.07) is 3.64. The molecule has 3 heteroatoms. The van der Waals surface area contributed by atoms with Crippen LogP contribution in [0.5, 0.6) is 5.75 Å². The van der Waals surface area contributed by atoms with Gasteiger partial charge >= 0.3 is 0 Å². The van der Waals surface area contributed by atoms with Crippen molar-refractivity contribution in [1.29, 1.82) is 0 Å². The van der Waals surface area contributed by atoms with Crippen LogP contribution in [0.25, 0.3) is 0 Å². The maximum Gasteiger partial charge on any atom is 0.144 e. The molecule has 4 N–H and O–H groups in total. The maximum absolute atomic E-state index is 5.79. The van der Waals surface area contributed by atoms with Crippen LogP contribution in [0.15, 0.2) is 12.1 Å². The van der Waals surface area contributed by atoms with Crippen molar-refractivity contribution in [3.8, 4) is 5.75 Å². The Morgan fingerprint density at radius 3 is 2.57 bits per heavy atom. The van der Waals surface area contributed by atoms with E-state index in [-0.39, 0.29) is 0 Å². The largest absolute Gasteiger partial charge is 0.491 e. The number of nitrogen functional groups attached to an aromatic ring is 2. The van der Waals surface area contributed by atoms with Crippen LogP contribution in [0.3, 0.4) is 0 Å². The predicted molar refractivity (Wildman–Crippen MR) is 60.4 cm³/mol. The van der Waals surface area contributed by atoms with Crippen LogP contribution in [-0.2, 0) is 0 Å². The number of nitrogens with two attached hydrogens (primary N) is 2. The van der Waals surface area contributed by atoms with Gasteiger partial charge in [-0.3, -0.25) is 0 Å². The summed E-state index contributed by atoms with van der Waals surface area (Å²) in [5, 5.41) is 0. The fourth-order valence-electron chi connectivity index (χ4n) is 1.18. The Kier molecular flexibility index (Phi) is 3.63. The molecule has 0 radical (unpaired) electrons. The molecule has 0 spiro atoms. The van der Waals surface area contributed by atoms with Crippen LogP contribution in [0.1, 0.15) is 25.3 Å². The summed E-state index contributed by atoms with van der Waals surface area (Å²) in [4.78, 5) is 0. The van der Waals surface area contributed by atoms with Crippen molar-refractivity contribution in [3.63, 3.8) is 0 Å². The van der Waals surface area contributed by atoms with Gasteiger partial charge in [0.25, 0.3) is 0 Å². The average molecular weight is 194 g/mol. The lowest BCUT2D eigenvalue weighted by Gasteiger charge is -2.10. The van der Waals surface area contributed by atoms with Crippen LogP contribution < -0.4 is 16.2 Å². The summed E-state index contributed by atoms with van der Waals surface area (Å²) in [5.41, 5.74) is 13.9. The highest BCUT2D eigenvalue weighted by molar-refractivity contribution is 5.63. The van der Waals surface area contributed by atoms with Gasteiger partial charge in [0.05, 0.1) is 12.3 Å². The van der Waals surface area contributed by atoms with E-state index in [2.05, 4.69) is 6.92 Å². The lowest BCUT2D eigenvalue weighted by Crippen LogP contribution is -2.02. The lowest BCUT2D eigenvalue weighted by atomic mass is 10.1. The molecule has 0 fully saturated rings. The van der Waals surface area contributed by atoms with Gasteiger partial charge in [0.2, 0.25) is 0 Å². The van der Waals surface area contributed by atoms with Crippen LogP contribution >= 0.6 is 0 Å². The van der Waals surface area contributed by atoms with Gasteiger partial charge < -0.3 is 16.2 Å². The minimum absolute atomic E-state index is 0.660. The molecule has 1 rings (SSSR count). The smallest absolute Gasteiger partial charge is 0.144 e. The average Bonchev–Trinajstić information content (AvgIpc) is 2.14. The third-order valence-corrected chi connectivity index (χ3v) is 2.15. The Morgan fingerprint density at radius 2 is 1.93 bits per heavy atom. The standard InChI is InChI=1S/C11H18N2O/c1-3-4-5-14-11-7-9(12)8(2)6-10(11)13/h6-7H,3-5,12-13H2,1-2H3. The fraction of sp³-hybridized carbons (Fsp3) is 0.455. The summed E-state index contributed by atoms with van der Waals surface area (Å²) < 4.78 is 5.51. The fourth-order valence-corrected chi connectivity index (χ4v) is 1.18. The molecular formula is C11H18N2O. The van der Waals surface area contributed by atoms with Crippen molar-refractivity contribution < 1.29 is 4.74 Å². The lowest BCUT2D eigenvalue weighted by molar-refractivity contribution is 0.311. The molecule has 78 valence electrons. The number of ether oxygens (including phenoxy) is 1. The zero-order valence-corrected chi connectivity index (χ0v) is 8.84. The van der Waals surface area contributed by atoms with E-state index in [1.807, 2.05) is 13.0 Å². The Balaban J connectivity index is 2.72. The molecule has 0 heterocycles. The van der Waals surface area contributed by atoms with Gasteiger partial charge in [-0.25, -0.2) is 0 Å². The summed E-state index contributed by atoms with van der Waals surface area (Å²) in [7, 11) is 0. The number of benzene rings is 1. The van der Waals surface area contributed by atoms with E-state index in [4.69, 9.17) is 16.2 Å². The van der Waals surface area contributed by atoms with Crippen molar-refractivity contribution in [2.24, 2.45) is 0 Å². The molecule has 0 unspecified atom stereocenters. The number of unbranched alkanes of at least 4 members (excludes halogenated alkanes) is 1. The van der Waals surface area contributed by atoms with Gasteiger partial charge in [0.15, 0.2) is 0 Å². The Labute approximate surface area is 85.0 Å². The van der Waals surface area contributed by atoms with E-state index < -0.39 is 0 Å². The third-order valence-electron chi connectivity index (χ3n) is 2.15. The highest BCUT2D eigenvalue weighted by atomic mass is 16.5. The summed E-state index contributed by atoms with van der Waals surface area (Å²) in [5.74, 6) is 0.696. The number of rotatable bonds is 4. The SMILES string of the molecule is CCCCOc1cc(N)c(C)cc1N. The second-order valence-corrected chi connectivity index (χ2v) is 3.45. The monoisotopic (exact) mass is 194 g/mol. The molecule has 1 aromatic carbocycles. The van der Waals surface area contributed by atoms with Gasteiger partial charge in [0.1, 0.15) is 5.75 Å². The Morgan fingerprint density at radius 1 is 1.21 bits per heavy atom.